The SMILES string of the molecule is Cc1nccc(N2CCN(C3NC(=O)CC(C(F)F)N3)CC2)n1. The van der Waals surface area contributed by atoms with E-state index < -0.39 is 18.8 Å². The molecule has 2 atom stereocenters. The van der Waals surface area contributed by atoms with Gasteiger partial charge in [0, 0.05) is 38.8 Å². The van der Waals surface area contributed by atoms with Crippen molar-refractivity contribution >= 4 is 11.7 Å². The molecule has 0 spiro atoms. The molecular formula is C14H20F2N6O. The molecule has 1 aromatic heterocycles. The predicted molar refractivity (Wildman–Crippen MR) is 80.0 cm³/mol. The Kier molecular flexibility index (Phi) is 4.67. The number of carbonyl (C=O) groups excluding carboxylic acids is 1. The Morgan fingerprint density at radius 2 is 2.04 bits per heavy atom. The maximum Gasteiger partial charge on any atom is 0.254 e. The summed E-state index contributed by atoms with van der Waals surface area (Å²) in [4.78, 5) is 24.2. The van der Waals surface area contributed by atoms with Gasteiger partial charge in [-0.1, -0.05) is 0 Å². The number of anilines is 1. The van der Waals surface area contributed by atoms with E-state index in [2.05, 4.69) is 25.5 Å². The minimum Gasteiger partial charge on any atom is -0.354 e. The molecule has 2 aliphatic rings. The van der Waals surface area contributed by atoms with Crippen molar-refractivity contribution < 1.29 is 13.6 Å². The van der Waals surface area contributed by atoms with Crippen LogP contribution in [-0.2, 0) is 4.79 Å². The van der Waals surface area contributed by atoms with Crippen LogP contribution in [0.4, 0.5) is 14.6 Å². The molecule has 1 aromatic rings. The summed E-state index contributed by atoms with van der Waals surface area (Å²) >= 11 is 0. The summed E-state index contributed by atoms with van der Waals surface area (Å²) in [5.74, 6) is 1.24. The van der Waals surface area contributed by atoms with Crippen LogP contribution in [0, 0.1) is 6.92 Å². The maximum absolute atomic E-state index is 12.9. The van der Waals surface area contributed by atoms with Gasteiger partial charge in [-0.25, -0.2) is 18.7 Å². The van der Waals surface area contributed by atoms with Gasteiger partial charge < -0.3 is 10.2 Å². The summed E-state index contributed by atoms with van der Waals surface area (Å²) in [5.41, 5.74) is 0. The standard InChI is InChI=1S/C14H20F2N6O/c1-9-17-3-2-11(18-9)21-4-6-22(7-5-21)14-19-10(13(15)16)8-12(23)20-14/h2-3,10,13-14,19H,4-8H2,1H3,(H,20,23). The number of nitrogens with one attached hydrogen (secondary N) is 2. The second-order valence-electron chi connectivity index (χ2n) is 5.77. The molecule has 2 saturated heterocycles. The Morgan fingerprint density at radius 1 is 1.30 bits per heavy atom. The summed E-state index contributed by atoms with van der Waals surface area (Å²) in [6.45, 7) is 4.56. The fraction of sp³-hybridized carbons (Fsp3) is 0.643. The topological polar surface area (TPSA) is 73.4 Å². The molecule has 2 unspecified atom stereocenters. The van der Waals surface area contributed by atoms with Crippen LogP contribution in [-0.4, -0.2) is 65.7 Å². The van der Waals surface area contributed by atoms with Crippen molar-refractivity contribution in [2.45, 2.75) is 32.1 Å². The lowest BCUT2D eigenvalue weighted by molar-refractivity contribution is -0.129. The Bertz CT molecular complexity index is 564. The van der Waals surface area contributed by atoms with E-state index in [1.807, 2.05) is 17.9 Å². The van der Waals surface area contributed by atoms with Crippen molar-refractivity contribution in [1.29, 1.82) is 0 Å². The number of alkyl halides is 2. The normalized spacial score (nSPS) is 26.4. The molecule has 9 heteroatoms. The van der Waals surface area contributed by atoms with E-state index in [4.69, 9.17) is 0 Å². The zero-order valence-electron chi connectivity index (χ0n) is 12.9. The maximum atomic E-state index is 12.9. The monoisotopic (exact) mass is 326 g/mol. The Balaban J connectivity index is 1.59. The molecule has 3 rings (SSSR count). The number of nitrogens with zero attached hydrogens (tertiary/aromatic N) is 4. The summed E-state index contributed by atoms with van der Waals surface area (Å²) in [5, 5.41) is 5.55. The van der Waals surface area contributed by atoms with E-state index in [9.17, 15) is 13.6 Å². The summed E-state index contributed by atoms with van der Waals surface area (Å²) in [6.07, 6.45) is -1.55. The van der Waals surface area contributed by atoms with Crippen molar-refractivity contribution in [3.8, 4) is 0 Å². The second kappa shape index (κ2) is 6.71. The van der Waals surface area contributed by atoms with E-state index >= 15 is 0 Å². The van der Waals surface area contributed by atoms with Crippen molar-refractivity contribution in [3.05, 3.63) is 18.1 Å². The quantitative estimate of drug-likeness (QED) is 0.810. The van der Waals surface area contributed by atoms with Crippen LogP contribution < -0.4 is 15.5 Å². The fourth-order valence-corrected chi connectivity index (χ4v) is 2.90. The highest BCUT2D eigenvalue weighted by atomic mass is 19.3. The van der Waals surface area contributed by atoms with Gasteiger partial charge in [-0.3, -0.25) is 15.0 Å². The number of aromatic nitrogens is 2. The van der Waals surface area contributed by atoms with Crippen LogP contribution in [0.15, 0.2) is 12.3 Å². The van der Waals surface area contributed by atoms with E-state index in [1.54, 1.807) is 6.20 Å². The van der Waals surface area contributed by atoms with Gasteiger partial charge in [0.15, 0.2) is 0 Å². The van der Waals surface area contributed by atoms with Gasteiger partial charge in [0.05, 0.1) is 6.04 Å². The lowest BCUT2D eigenvalue weighted by Gasteiger charge is -2.43. The lowest BCUT2D eigenvalue weighted by Crippen LogP contribution is -2.67. The van der Waals surface area contributed by atoms with Crippen LogP contribution in [0.1, 0.15) is 12.2 Å². The number of aryl methyl sites for hydroxylation is 1. The molecular weight excluding hydrogens is 306 g/mol. The number of carbonyl (C=O) groups is 1. The van der Waals surface area contributed by atoms with E-state index in [0.717, 1.165) is 5.82 Å². The molecule has 0 aliphatic carbocycles. The van der Waals surface area contributed by atoms with Crippen LogP contribution in [0.2, 0.25) is 0 Å². The third kappa shape index (κ3) is 3.73. The van der Waals surface area contributed by atoms with Crippen LogP contribution in [0.25, 0.3) is 0 Å². The first-order chi connectivity index (χ1) is 11.0. The number of hydrogen-bond donors (Lipinski definition) is 2. The Labute approximate surface area is 133 Å². The summed E-state index contributed by atoms with van der Waals surface area (Å²) < 4.78 is 25.7. The molecule has 0 bridgehead atoms. The molecule has 23 heavy (non-hydrogen) atoms. The molecule has 0 saturated carbocycles. The van der Waals surface area contributed by atoms with Gasteiger partial charge in [0.2, 0.25) is 5.91 Å². The van der Waals surface area contributed by atoms with Crippen LogP contribution in [0.5, 0.6) is 0 Å². The number of piperazine rings is 1. The number of halogens is 2. The third-order valence-electron chi connectivity index (χ3n) is 4.14. The Morgan fingerprint density at radius 3 is 2.70 bits per heavy atom. The molecule has 7 nitrogen and oxygen atoms in total. The Hall–Kier alpha value is -1.87. The summed E-state index contributed by atoms with van der Waals surface area (Å²) in [6, 6.07) is 0.770. The highest BCUT2D eigenvalue weighted by Gasteiger charge is 2.35. The molecule has 2 aliphatic heterocycles. The molecule has 3 heterocycles. The van der Waals surface area contributed by atoms with Crippen molar-refractivity contribution in [2.75, 3.05) is 31.1 Å². The zero-order valence-corrected chi connectivity index (χ0v) is 12.9. The molecule has 126 valence electrons. The van der Waals surface area contributed by atoms with Gasteiger partial charge in [0.1, 0.15) is 17.9 Å². The summed E-state index contributed by atoms with van der Waals surface area (Å²) in [7, 11) is 0. The van der Waals surface area contributed by atoms with Crippen molar-refractivity contribution in [2.24, 2.45) is 0 Å². The van der Waals surface area contributed by atoms with Gasteiger partial charge in [0.25, 0.3) is 6.43 Å². The average molecular weight is 326 g/mol. The third-order valence-corrected chi connectivity index (χ3v) is 4.14. The predicted octanol–water partition coefficient (Wildman–Crippen LogP) is -0.0662. The number of amides is 1. The van der Waals surface area contributed by atoms with Crippen molar-refractivity contribution in [3.63, 3.8) is 0 Å². The van der Waals surface area contributed by atoms with Gasteiger partial charge in [-0.15, -0.1) is 0 Å². The smallest absolute Gasteiger partial charge is 0.254 e. The molecule has 2 fully saturated rings. The van der Waals surface area contributed by atoms with Crippen LogP contribution in [0.3, 0.4) is 0 Å². The van der Waals surface area contributed by atoms with Gasteiger partial charge >= 0.3 is 0 Å². The second-order valence-corrected chi connectivity index (χ2v) is 5.77. The van der Waals surface area contributed by atoms with Crippen molar-refractivity contribution in [1.82, 2.24) is 25.5 Å². The molecule has 2 N–H and O–H groups in total. The highest BCUT2D eigenvalue weighted by molar-refractivity contribution is 5.77. The molecule has 0 aromatic carbocycles. The van der Waals surface area contributed by atoms with Crippen LogP contribution >= 0.6 is 0 Å². The average Bonchev–Trinajstić information content (AvgIpc) is 2.54. The molecule has 1 amide bonds. The first-order valence-corrected chi connectivity index (χ1v) is 7.65. The first kappa shape index (κ1) is 16.0. The van der Waals surface area contributed by atoms with Gasteiger partial charge in [-0.05, 0) is 13.0 Å². The highest BCUT2D eigenvalue weighted by Crippen LogP contribution is 2.16. The molecule has 0 radical (unpaired) electrons. The zero-order chi connectivity index (χ0) is 16.4. The largest absolute Gasteiger partial charge is 0.354 e. The van der Waals surface area contributed by atoms with Gasteiger partial charge in [-0.2, -0.15) is 0 Å². The first-order valence-electron chi connectivity index (χ1n) is 7.65. The van der Waals surface area contributed by atoms with E-state index in [0.29, 0.717) is 32.0 Å². The minimum atomic E-state index is -2.55. The van der Waals surface area contributed by atoms with E-state index in [-0.39, 0.29) is 12.3 Å². The van der Waals surface area contributed by atoms with E-state index in [1.165, 1.54) is 0 Å². The lowest BCUT2D eigenvalue weighted by atomic mass is 10.1. The number of rotatable bonds is 3. The minimum absolute atomic E-state index is 0.186. The number of hydrogen-bond acceptors (Lipinski definition) is 6. The fourth-order valence-electron chi connectivity index (χ4n) is 2.90.